The second-order valence-corrected chi connectivity index (χ2v) is 4.66. The minimum Gasteiger partial charge on any atom is -0.398 e. The zero-order chi connectivity index (χ0) is 14.1. The first-order valence-electron chi connectivity index (χ1n) is 6.32. The van der Waals surface area contributed by atoms with Crippen LogP contribution >= 0.6 is 0 Å². The molecule has 0 radical (unpaired) electrons. The van der Waals surface area contributed by atoms with Crippen molar-refractivity contribution in [3.63, 3.8) is 0 Å². The molecule has 3 rings (SSSR count). The Morgan fingerprint density at radius 2 is 1.90 bits per heavy atom. The molecule has 0 spiro atoms. The van der Waals surface area contributed by atoms with Gasteiger partial charge in [0.1, 0.15) is 11.6 Å². The van der Waals surface area contributed by atoms with Gasteiger partial charge < -0.3 is 11.1 Å². The van der Waals surface area contributed by atoms with Gasteiger partial charge >= 0.3 is 0 Å². The van der Waals surface area contributed by atoms with E-state index in [9.17, 15) is 4.39 Å². The van der Waals surface area contributed by atoms with Crippen molar-refractivity contribution in [1.29, 1.82) is 0 Å². The monoisotopic (exact) mass is 267 g/mol. The highest BCUT2D eigenvalue weighted by molar-refractivity contribution is 6.02. The number of halogens is 1. The van der Waals surface area contributed by atoms with Crippen molar-refractivity contribution in [3.8, 4) is 0 Å². The predicted molar refractivity (Wildman–Crippen MR) is 80.6 cm³/mol. The van der Waals surface area contributed by atoms with E-state index >= 15 is 0 Å². The molecule has 0 amide bonds. The van der Waals surface area contributed by atoms with E-state index in [-0.39, 0.29) is 5.82 Å². The van der Waals surface area contributed by atoms with Crippen molar-refractivity contribution in [2.24, 2.45) is 0 Å². The quantitative estimate of drug-likeness (QED) is 0.690. The SMILES string of the molecule is Cc1ccc(N)c2ccnc(Nc3ccccc3F)c12. The Bertz CT molecular complexity index is 784. The van der Waals surface area contributed by atoms with Crippen molar-refractivity contribution in [2.45, 2.75) is 6.92 Å². The first-order chi connectivity index (χ1) is 9.66. The fourth-order valence-electron chi connectivity index (χ4n) is 2.27. The molecule has 3 N–H and O–H groups in total. The smallest absolute Gasteiger partial charge is 0.146 e. The number of nitrogens with two attached hydrogens (primary N) is 1. The lowest BCUT2D eigenvalue weighted by atomic mass is 10.1. The van der Waals surface area contributed by atoms with Gasteiger partial charge in [0.05, 0.1) is 5.69 Å². The molecule has 1 heterocycles. The molecule has 1 aromatic heterocycles. The van der Waals surface area contributed by atoms with Gasteiger partial charge in [-0.2, -0.15) is 0 Å². The normalized spacial score (nSPS) is 10.7. The Morgan fingerprint density at radius 3 is 2.70 bits per heavy atom. The number of para-hydroxylation sites is 1. The first-order valence-corrected chi connectivity index (χ1v) is 6.32. The number of fused-ring (bicyclic) bond motifs is 1. The summed E-state index contributed by atoms with van der Waals surface area (Å²) in [6.07, 6.45) is 1.67. The minimum absolute atomic E-state index is 0.312. The second kappa shape index (κ2) is 4.81. The van der Waals surface area contributed by atoms with Gasteiger partial charge in [-0.05, 0) is 36.8 Å². The maximum Gasteiger partial charge on any atom is 0.146 e. The van der Waals surface area contributed by atoms with E-state index < -0.39 is 0 Å². The van der Waals surface area contributed by atoms with E-state index in [0.29, 0.717) is 17.2 Å². The highest BCUT2D eigenvalue weighted by Gasteiger charge is 2.09. The van der Waals surface area contributed by atoms with E-state index in [4.69, 9.17) is 5.73 Å². The minimum atomic E-state index is -0.312. The van der Waals surface area contributed by atoms with Crippen LogP contribution in [0, 0.1) is 12.7 Å². The van der Waals surface area contributed by atoms with Crippen LogP contribution in [0.4, 0.5) is 21.6 Å². The number of nitrogens with one attached hydrogen (secondary N) is 1. The molecule has 3 nitrogen and oxygen atoms in total. The molecule has 20 heavy (non-hydrogen) atoms. The summed E-state index contributed by atoms with van der Waals surface area (Å²) in [5.74, 6) is 0.297. The summed E-state index contributed by atoms with van der Waals surface area (Å²) in [6.45, 7) is 1.98. The number of rotatable bonds is 2. The number of nitrogen functional groups attached to an aromatic ring is 1. The topological polar surface area (TPSA) is 50.9 Å². The van der Waals surface area contributed by atoms with E-state index in [1.807, 2.05) is 25.1 Å². The van der Waals surface area contributed by atoms with Crippen LogP contribution in [-0.2, 0) is 0 Å². The van der Waals surface area contributed by atoms with Crippen LogP contribution in [-0.4, -0.2) is 4.98 Å². The summed E-state index contributed by atoms with van der Waals surface area (Å²) < 4.78 is 13.7. The number of aromatic nitrogens is 1. The Kier molecular flexibility index (Phi) is 2.99. The summed E-state index contributed by atoms with van der Waals surface area (Å²) in [5.41, 5.74) is 8.11. The van der Waals surface area contributed by atoms with Crippen LogP contribution in [0.3, 0.4) is 0 Å². The van der Waals surface area contributed by atoms with Crippen molar-refractivity contribution in [2.75, 3.05) is 11.1 Å². The van der Waals surface area contributed by atoms with Crippen LogP contribution < -0.4 is 11.1 Å². The lowest BCUT2D eigenvalue weighted by Gasteiger charge is -2.12. The van der Waals surface area contributed by atoms with Crippen molar-refractivity contribution >= 4 is 28.0 Å². The number of nitrogens with zero attached hydrogens (tertiary/aromatic N) is 1. The third kappa shape index (κ3) is 2.05. The van der Waals surface area contributed by atoms with Crippen molar-refractivity contribution in [1.82, 2.24) is 4.98 Å². The summed E-state index contributed by atoms with van der Waals surface area (Å²) >= 11 is 0. The Morgan fingerprint density at radius 1 is 1.10 bits per heavy atom. The van der Waals surface area contributed by atoms with Gasteiger partial charge in [-0.25, -0.2) is 9.37 Å². The Balaban J connectivity index is 2.18. The molecule has 3 aromatic rings. The molecule has 0 aliphatic rings. The van der Waals surface area contributed by atoms with E-state index in [1.54, 1.807) is 24.4 Å². The average molecular weight is 267 g/mol. The number of hydrogen-bond donors (Lipinski definition) is 2. The fraction of sp³-hybridized carbons (Fsp3) is 0.0625. The highest BCUT2D eigenvalue weighted by Crippen LogP contribution is 2.31. The number of aryl methyl sites for hydroxylation is 1. The molecule has 0 saturated heterocycles. The molecule has 0 unspecified atom stereocenters. The Labute approximate surface area is 116 Å². The lowest BCUT2D eigenvalue weighted by molar-refractivity contribution is 0.632. The maximum atomic E-state index is 13.7. The molecule has 2 aromatic carbocycles. The van der Waals surface area contributed by atoms with Crippen LogP contribution in [0.2, 0.25) is 0 Å². The number of hydrogen-bond acceptors (Lipinski definition) is 3. The Hall–Kier alpha value is -2.62. The largest absolute Gasteiger partial charge is 0.398 e. The fourth-order valence-corrected chi connectivity index (χ4v) is 2.27. The zero-order valence-corrected chi connectivity index (χ0v) is 11.0. The van der Waals surface area contributed by atoms with Crippen LogP contribution in [0.1, 0.15) is 5.56 Å². The predicted octanol–water partition coefficient (Wildman–Crippen LogP) is 4.01. The van der Waals surface area contributed by atoms with E-state index in [2.05, 4.69) is 10.3 Å². The summed E-state index contributed by atoms with van der Waals surface area (Å²) in [7, 11) is 0. The lowest BCUT2D eigenvalue weighted by Crippen LogP contribution is -1.99. The molecular formula is C16H14FN3. The standard InChI is InChI=1S/C16H14FN3/c1-10-6-7-13(18)11-8-9-19-16(15(10)11)20-14-5-3-2-4-12(14)17/h2-9H,18H2,1H3,(H,19,20). The summed E-state index contributed by atoms with van der Waals surface area (Å²) in [4.78, 5) is 4.31. The average Bonchev–Trinajstić information content (AvgIpc) is 2.45. The first kappa shape index (κ1) is 12.4. The maximum absolute atomic E-state index is 13.7. The van der Waals surface area contributed by atoms with Gasteiger partial charge in [0.2, 0.25) is 0 Å². The van der Waals surface area contributed by atoms with Gasteiger partial charge in [-0.1, -0.05) is 18.2 Å². The summed E-state index contributed by atoms with van der Waals surface area (Å²) in [6, 6.07) is 12.2. The van der Waals surface area contributed by atoms with Crippen LogP contribution in [0.15, 0.2) is 48.7 Å². The van der Waals surface area contributed by atoms with Crippen LogP contribution in [0.5, 0.6) is 0 Å². The van der Waals surface area contributed by atoms with Gasteiger partial charge in [0.25, 0.3) is 0 Å². The second-order valence-electron chi connectivity index (χ2n) is 4.66. The zero-order valence-electron chi connectivity index (χ0n) is 11.0. The molecule has 0 saturated carbocycles. The van der Waals surface area contributed by atoms with Gasteiger partial charge in [-0.15, -0.1) is 0 Å². The summed E-state index contributed by atoms with van der Waals surface area (Å²) in [5, 5.41) is 4.87. The van der Waals surface area contributed by atoms with Crippen molar-refractivity contribution in [3.05, 3.63) is 60.0 Å². The molecule has 0 aliphatic carbocycles. The third-order valence-electron chi connectivity index (χ3n) is 3.30. The number of benzene rings is 2. The molecule has 0 fully saturated rings. The molecule has 0 atom stereocenters. The van der Waals surface area contributed by atoms with Crippen LogP contribution in [0.25, 0.3) is 10.8 Å². The number of anilines is 3. The molecule has 0 bridgehead atoms. The van der Waals surface area contributed by atoms with E-state index in [1.165, 1.54) is 6.07 Å². The molecule has 4 heteroatoms. The molecule has 0 aliphatic heterocycles. The van der Waals surface area contributed by atoms with Gasteiger partial charge in [-0.3, -0.25) is 0 Å². The van der Waals surface area contributed by atoms with Crippen molar-refractivity contribution < 1.29 is 4.39 Å². The van der Waals surface area contributed by atoms with E-state index in [0.717, 1.165) is 16.3 Å². The van der Waals surface area contributed by atoms with Gasteiger partial charge in [0, 0.05) is 22.7 Å². The van der Waals surface area contributed by atoms with Gasteiger partial charge in [0.15, 0.2) is 0 Å². The highest BCUT2D eigenvalue weighted by atomic mass is 19.1. The molecular weight excluding hydrogens is 253 g/mol. The molecule has 100 valence electrons. The third-order valence-corrected chi connectivity index (χ3v) is 3.30. The number of pyridine rings is 1.